The van der Waals surface area contributed by atoms with Gasteiger partial charge >= 0.3 is 6.18 Å². The van der Waals surface area contributed by atoms with Crippen LogP contribution in [0.1, 0.15) is 21.7 Å². The number of carbonyl (C=O) groups is 1. The molecule has 0 spiro atoms. The van der Waals surface area contributed by atoms with Crippen LogP contribution < -0.4 is 10.2 Å². The van der Waals surface area contributed by atoms with Crippen molar-refractivity contribution in [3.63, 3.8) is 0 Å². The largest absolute Gasteiger partial charge is 0.469 e. The van der Waals surface area contributed by atoms with Gasteiger partial charge in [-0.25, -0.2) is 0 Å². The average molecular weight is 312 g/mol. The number of furan rings is 1. The normalized spacial score (nSPS) is 11.4. The highest BCUT2D eigenvalue weighted by Crippen LogP contribution is 2.35. The fourth-order valence-corrected chi connectivity index (χ4v) is 2.01. The van der Waals surface area contributed by atoms with Crippen LogP contribution in [0.3, 0.4) is 0 Å². The molecule has 22 heavy (non-hydrogen) atoms. The van der Waals surface area contributed by atoms with Gasteiger partial charge in [-0.15, -0.1) is 0 Å². The van der Waals surface area contributed by atoms with Crippen LogP contribution in [0.4, 0.5) is 24.5 Å². The molecule has 0 saturated carbocycles. The van der Waals surface area contributed by atoms with Crippen LogP contribution in [-0.2, 0) is 6.18 Å². The monoisotopic (exact) mass is 312 g/mol. The molecule has 1 amide bonds. The Morgan fingerprint density at radius 3 is 2.41 bits per heavy atom. The molecule has 0 saturated heterocycles. The first-order valence-corrected chi connectivity index (χ1v) is 6.44. The number of carbonyl (C=O) groups excluding carboxylic acids is 1. The molecule has 2 rings (SSSR count). The number of hydrogen-bond acceptors (Lipinski definition) is 3. The second-order valence-corrected chi connectivity index (χ2v) is 4.97. The van der Waals surface area contributed by atoms with Crippen molar-refractivity contribution in [2.75, 3.05) is 24.3 Å². The van der Waals surface area contributed by atoms with Gasteiger partial charge in [-0.3, -0.25) is 4.79 Å². The van der Waals surface area contributed by atoms with Crippen LogP contribution in [0.2, 0.25) is 0 Å². The van der Waals surface area contributed by atoms with Gasteiger partial charge in [0.1, 0.15) is 5.76 Å². The van der Waals surface area contributed by atoms with Gasteiger partial charge in [0.05, 0.1) is 28.8 Å². The van der Waals surface area contributed by atoms with Gasteiger partial charge in [0, 0.05) is 14.1 Å². The summed E-state index contributed by atoms with van der Waals surface area (Å²) in [7, 11) is 3.36. The van der Waals surface area contributed by atoms with Gasteiger partial charge in [-0.1, -0.05) is 0 Å². The van der Waals surface area contributed by atoms with Crippen LogP contribution in [0.5, 0.6) is 0 Å². The maximum atomic E-state index is 12.8. The van der Waals surface area contributed by atoms with Crippen molar-refractivity contribution in [3.8, 4) is 0 Å². The Balaban J connectivity index is 2.39. The Kier molecular flexibility index (Phi) is 4.16. The van der Waals surface area contributed by atoms with Gasteiger partial charge in [0.2, 0.25) is 0 Å². The summed E-state index contributed by atoms with van der Waals surface area (Å²) in [5, 5.41) is 2.51. The summed E-state index contributed by atoms with van der Waals surface area (Å²) in [4.78, 5) is 13.8. The van der Waals surface area contributed by atoms with Gasteiger partial charge in [0.25, 0.3) is 5.91 Å². The van der Waals surface area contributed by atoms with Gasteiger partial charge < -0.3 is 14.6 Å². The molecule has 2 aromatic rings. The number of rotatable bonds is 3. The quantitative estimate of drug-likeness (QED) is 0.934. The number of anilines is 2. The summed E-state index contributed by atoms with van der Waals surface area (Å²) in [6, 6.07) is 4.69. The zero-order chi connectivity index (χ0) is 16.5. The van der Waals surface area contributed by atoms with Gasteiger partial charge in [-0.05, 0) is 31.2 Å². The van der Waals surface area contributed by atoms with Crippen molar-refractivity contribution in [1.29, 1.82) is 0 Å². The van der Waals surface area contributed by atoms with Gasteiger partial charge in [-0.2, -0.15) is 13.2 Å². The van der Waals surface area contributed by atoms with Crippen LogP contribution in [0.25, 0.3) is 0 Å². The second kappa shape index (κ2) is 5.75. The maximum Gasteiger partial charge on any atom is 0.416 e. The summed E-state index contributed by atoms with van der Waals surface area (Å²) < 4.78 is 43.5. The van der Waals surface area contributed by atoms with Crippen LogP contribution >= 0.6 is 0 Å². The average Bonchev–Trinajstić information content (AvgIpc) is 2.83. The van der Waals surface area contributed by atoms with E-state index in [4.69, 9.17) is 4.42 Å². The maximum absolute atomic E-state index is 12.8. The van der Waals surface area contributed by atoms with Gasteiger partial charge in [0.15, 0.2) is 0 Å². The molecule has 1 aromatic carbocycles. The lowest BCUT2D eigenvalue weighted by atomic mass is 10.1. The van der Waals surface area contributed by atoms with Crippen LogP contribution in [-0.4, -0.2) is 20.0 Å². The molecule has 0 bridgehead atoms. The van der Waals surface area contributed by atoms with E-state index >= 15 is 0 Å². The number of hydrogen-bond donors (Lipinski definition) is 1. The highest BCUT2D eigenvalue weighted by Gasteiger charge is 2.31. The van der Waals surface area contributed by atoms with Crippen LogP contribution in [0.15, 0.2) is 34.9 Å². The predicted molar refractivity (Wildman–Crippen MR) is 77.2 cm³/mol. The predicted octanol–water partition coefficient (Wildman–Crippen LogP) is 3.93. The highest BCUT2D eigenvalue weighted by atomic mass is 19.4. The van der Waals surface area contributed by atoms with E-state index in [1.165, 1.54) is 18.4 Å². The minimum atomic E-state index is -4.48. The molecule has 118 valence electrons. The Labute approximate surface area is 125 Å². The van der Waals surface area contributed by atoms with E-state index in [9.17, 15) is 18.0 Å². The summed E-state index contributed by atoms with van der Waals surface area (Å²) in [6.45, 7) is 1.61. The summed E-state index contributed by atoms with van der Waals surface area (Å²) in [6.07, 6.45) is -3.13. The fourth-order valence-electron chi connectivity index (χ4n) is 2.01. The Bertz CT molecular complexity index is 690. The van der Waals surface area contributed by atoms with E-state index < -0.39 is 17.6 Å². The zero-order valence-corrected chi connectivity index (χ0v) is 12.3. The molecule has 7 heteroatoms. The Hall–Kier alpha value is -2.44. The van der Waals surface area contributed by atoms with Crippen molar-refractivity contribution in [3.05, 3.63) is 47.4 Å². The van der Waals surface area contributed by atoms with Crippen molar-refractivity contribution in [1.82, 2.24) is 0 Å². The third kappa shape index (κ3) is 3.24. The minimum absolute atomic E-state index is 0.0884. The lowest BCUT2D eigenvalue weighted by molar-refractivity contribution is -0.137. The zero-order valence-electron chi connectivity index (χ0n) is 12.3. The molecule has 0 aliphatic rings. The SMILES string of the molecule is Cc1occc1C(=O)Nc1cc(C(F)(F)F)ccc1N(C)C. The molecule has 0 aliphatic carbocycles. The standard InChI is InChI=1S/C15H15F3N2O2/c1-9-11(6-7-22-9)14(21)19-12-8-10(15(16,17)18)4-5-13(12)20(2)3/h4-8H,1-3H3,(H,19,21). The first-order chi connectivity index (χ1) is 10.2. The smallest absolute Gasteiger partial charge is 0.416 e. The third-order valence-corrected chi connectivity index (χ3v) is 3.16. The first kappa shape index (κ1) is 15.9. The molecule has 1 aromatic heterocycles. The highest BCUT2D eigenvalue weighted by molar-refractivity contribution is 6.06. The molecule has 0 aliphatic heterocycles. The minimum Gasteiger partial charge on any atom is -0.469 e. The summed E-state index contributed by atoms with van der Waals surface area (Å²) in [5.41, 5.74) is 0.0207. The Morgan fingerprint density at radius 2 is 1.91 bits per heavy atom. The van der Waals surface area contributed by atoms with Crippen molar-refractivity contribution in [2.45, 2.75) is 13.1 Å². The molecule has 4 nitrogen and oxygen atoms in total. The summed E-state index contributed by atoms with van der Waals surface area (Å²) >= 11 is 0. The van der Waals surface area contributed by atoms with E-state index in [1.54, 1.807) is 25.9 Å². The third-order valence-electron chi connectivity index (χ3n) is 3.16. The molecular weight excluding hydrogens is 297 g/mol. The molecule has 1 N–H and O–H groups in total. The molecule has 1 heterocycles. The number of halogens is 3. The van der Waals surface area contributed by atoms with Crippen molar-refractivity contribution in [2.24, 2.45) is 0 Å². The first-order valence-electron chi connectivity index (χ1n) is 6.44. The number of aryl methyl sites for hydroxylation is 1. The number of nitrogens with zero attached hydrogens (tertiary/aromatic N) is 1. The molecule has 0 fully saturated rings. The number of alkyl halides is 3. The topological polar surface area (TPSA) is 45.5 Å². The number of nitrogens with one attached hydrogen (secondary N) is 1. The molecular formula is C15H15F3N2O2. The van der Waals surface area contributed by atoms with Crippen molar-refractivity contribution >= 4 is 17.3 Å². The number of benzene rings is 1. The van der Waals surface area contributed by atoms with Crippen LogP contribution in [0, 0.1) is 6.92 Å². The van der Waals surface area contributed by atoms with E-state index in [-0.39, 0.29) is 11.3 Å². The summed E-state index contributed by atoms with van der Waals surface area (Å²) in [5.74, 6) is -0.121. The van der Waals surface area contributed by atoms with Crippen molar-refractivity contribution < 1.29 is 22.4 Å². The Morgan fingerprint density at radius 1 is 1.23 bits per heavy atom. The molecule has 0 radical (unpaired) electrons. The van der Waals surface area contributed by atoms with E-state index in [0.29, 0.717) is 11.4 Å². The van der Waals surface area contributed by atoms with E-state index in [0.717, 1.165) is 12.1 Å². The molecule has 0 unspecified atom stereocenters. The second-order valence-electron chi connectivity index (χ2n) is 4.97. The molecule has 0 atom stereocenters. The lowest BCUT2D eigenvalue weighted by Gasteiger charge is -2.19. The lowest BCUT2D eigenvalue weighted by Crippen LogP contribution is -2.18. The van der Waals surface area contributed by atoms with E-state index in [2.05, 4.69) is 5.32 Å². The number of amides is 1. The van der Waals surface area contributed by atoms with E-state index in [1.807, 2.05) is 0 Å². The fraction of sp³-hybridized carbons (Fsp3) is 0.267.